The molecule has 6 nitrogen and oxygen atoms in total. The minimum atomic E-state index is -0.687. The number of hydrogen-bond acceptors (Lipinski definition) is 3. The van der Waals surface area contributed by atoms with E-state index in [4.69, 9.17) is 27.9 Å². The van der Waals surface area contributed by atoms with E-state index in [1.807, 2.05) is 38.2 Å². The minimum absolute atomic E-state index is 0.313. The summed E-state index contributed by atoms with van der Waals surface area (Å²) in [4.78, 5) is 4.52. The molecule has 0 aliphatic rings. The van der Waals surface area contributed by atoms with E-state index in [1.54, 1.807) is 17.7 Å². The van der Waals surface area contributed by atoms with Crippen molar-refractivity contribution in [2.24, 2.45) is 12.0 Å². The molecular weight excluding hydrogens is 375 g/mol. The van der Waals surface area contributed by atoms with Crippen LogP contribution in [0.15, 0.2) is 35.3 Å². The number of aliphatic imine (C=N–C) groups is 1. The number of aliphatic hydroxyl groups excluding tert-OH is 1. The number of nitrogens with one attached hydrogen (secondary N) is 2. The van der Waals surface area contributed by atoms with Crippen LogP contribution in [0.2, 0.25) is 10.2 Å². The van der Waals surface area contributed by atoms with Gasteiger partial charge in [0.25, 0.3) is 0 Å². The molecule has 1 aromatic carbocycles. The van der Waals surface area contributed by atoms with Gasteiger partial charge in [0.15, 0.2) is 5.96 Å². The number of nitrogens with zero attached hydrogens (tertiary/aromatic N) is 2. The van der Waals surface area contributed by atoms with Gasteiger partial charge in [-0.05, 0) is 30.7 Å². The summed E-state index contributed by atoms with van der Waals surface area (Å²) < 4.78 is 6.98. The number of guanidine groups is 1. The zero-order chi connectivity index (χ0) is 19.1. The van der Waals surface area contributed by atoms with Gasteiger partial charge in [0.2, 0.25) is 0 Å². The number of ether oxygens (including phenoxy) is 1. The predicted octanol–water partition coefficient (Wildman–Crippen LogP) is 3.13. The molecule has 26 heavy (non-hydrogen) atoms. The van der Waals surface area contributed by atoms with Crippen molar-refractivity contribution in [2.45, 2.75) is 19.6 Å². The Hall–Kier alpha value is -1.89. The molecule has 2 aromatic rings. The van der Waals surface area contributed by atoms with Crippen LogP contribution >= 0.6 is 23.2 Å². The van der Waals surface area contributed by atoms with Gasteiger partial charge in [-0.15, -0.1) is 0 Å². The molecule has 0 radical (unpaired) electrons. The van der Waals surface area contributed by atoms with Crippen LogP contribution in [0.5, 0.6) is 5.75 Å². The predicted molar refractivity (Wildman–Crippen MR) is 106 cm³/mol. The van der Waals surface area contributed by atoms with Gasteiger partial charge in [0, 0.05) is 25.8 Å². The molecule has 142 valence electrons. The third-order valence-corrected chi connectivity index (χ3v) is 4.74. The van der Waals surface area contributed by atoms with Gasteiger partial charge in [0.05, 0.1) is 24.8 Å². The molecule has 1 heterocycles. The maximum absolute atomic E-state index is 10.4. The van der Waals surface area contributed by atoms with Crippen molar-refractivity contribution in [1.82, 2.24) is 15.2 Å². The van der Waals surface area contributed by atoms with Crippen molar-refractivity contribution in [2.75, 3.05) is 20.2 Å². The number of aromatic nitrogens is 1. The normalized spacial score (nSPS) is 12.8. The van der Waals surface area contributed by atoms with Crippen molar-refractivity contribution < 1.29 is 9.84 Å². The van der Waals surface area contributed by atoms with E-state index in [9.17, 15) is 5.11 Å². The van der Waals surface area contributed by atoms with E-state index in [2.05, 4.69) is 15.6 Å². The Bertz CT molecular complexity index is 762. The number of hydrogen-bond donors (Lipinski definition) is 3. The summed E-state index contributed by atoms with van der Waals surface area (Å²) in [6.07, 6.45) is -0.687. The lowest BCUT2D eigenvalue weighted by Gasteiger charge is -2.16. The van der Waals surface area contributed by atoms with Crippen LogP contribution in [0.1, 0.15) is 24.3 Å². The van der Waals surface area contributed by atoms with E-state index in [1.165, 1.54) is 0 Å². The van der Waals surface area contributed by atoms with Gasteiger partial charge in [-0.2, -0.15) is 0 Å². The third-order valence-electron chi connectivity index (χ3n) is 3.90. The van der Waals surface area contributed by atoms with Crippen LogP contribution in [0.3, 0.4) is 0 Å². The summed E-state index contributed by atoms with van der Waals surface area (Å²) in [5, 5.41) is 17.7. The van der Waals surface area contributed by atoms with Crippen LogP contribution in [0, 0.1) is 0 Å². The van der Waals surface area contributed by atoms with Gasteiger partial charge in [0.1, 0.15) is 10.9 Å². The van der Waals surface area contributed by atoms with Crippen molar-refractivity contribution in [3.63, 3.8) is 0 Å². The zero-order valence-electron chi connectivity index (χ0n) is 15.1. The van der Waals surface area contributed by atoms with Gasteiger partial charge < -0.3 is 25.0 Å². The average molecular weight is 399 g/mol. The van der Waals surface area contributed by atoms with Crippen molar-refractivity contribution in [3.8, 4) is 5.75 Å². The van der Waals surface area contributed by atoms with Gasteiger partial charge in [-0.3, -0.25) is 0 Å². The second-order valence-corrected chi connectivity index (χ2v) is 6.47. The molecule has 8 heteroatoms. The average Bonchev–Trinajstić information content (AvgIpc) is 2.90. The van der Waals surface area contributed by atoms with Gasteiger partial charge in [-0.1, -0.05) is 35.3 Å². The summed E-state index contributed by atoms with van der Waals surface area (Å²) in [6, 6.07) is 9.14. The topological polar surface area (TPSA) is 70.8 Å². The minimum Gasteiger partial charge on any atom is -0.497 e. The Labute approximate surface area is 163 Å². The first-order valence-corrected chi connectivity index (χ1v) is 9.05. The lowest BCUT2D eigenvalue weighted by atomic mass is 10.1. The maximum Gasteiger partial charge on any atom is 0.191 e. The highest BCUT2D eigenvalue weighted by molar-refractivity contribution is 6.41. The number of benzene rings is 1. The summed E-state index contributed by atoms with van der Waals surface area (Å²) >= 11 is 12.1. The maximum atomic E-state index is 10.4. The Morgan fingerprint density at radius 1 is 1.31 bits per heavy atom. The Morgan fingerprint density at radius 3 is 2.69 bits per heavy atom. The van der Waals surface area contributed by atoms with E-state index in [0.29, 0.717) is 41.5 Å². The van der Waals surface area contributed by atoms with Crippen LogP contribution < -0.4 is 15.4 Å². The lowest BCUT2D eigenvalue weighted by Crippen LogP contribution is -2.39. The molecule has 0 aliphatic carbocycles. The molecule has 0 spiro atoms. The number of aliphatic hydroxyl groups is 1. The molecule has 0 aliphatic heterocycles. The standard InChI is InChI=1S/C18H24Cl2N4O2/c1-4-21-18(22-10-13-9-15(19)17(20)24(13)2)23-11-16(25)12-6-5-7-14(8-12)26-3/h5-9,16,25H,4,10-11H2,1-3H3,(H2,21,22,23). The Morgan fingerprint density at radius 2 is 2.08 bits per heavy atom. The second-order valence-electron chi connectivity index (χ2n) is 5.70. The van der Waals surface area contributed by atoms with Crippen LogP contribution in [0.4, 0.5) is 0 Å². The molecule has 1 aromatic heterocycles. The number of rotatable bonds is 7. The molecule has 0 saturated heterocycles. The quantitative estimate of drug-likeness (QED) is 0.494. The monoisotopic (exact) mass is 398 g/mol. The van der Waals surface area contributed by atoms with E-state index in [-0.39, 0.29) is 0 Å². The lowest BCUT2D eigenvalue weighted by molar-refractivity contribution is 0.180. The molecule has 0 bridgehead atoms. The Balaban J connectivity index is 2.01. The van der Waals surface area contributed by atoms with Gasteiger partial charge in [-0.25, -0.2) is 4.99 Å². The summed E-state index contributed by atoms with van der Waals surface area (Å²) in [7, 11) is 3.44. The van der Waals surface area contributed by atoms with Gasteiger partial charge >= 0.3 is 0 Å². The largest absolute Gasteiger partial charge is 0.497 e. The van der Waals surface area contributed by atoms with Crippen LogP contribution in [-0.2, 0) is 13.6 Å². The van der Waals surface area contributed by atoms with E-state index in [0.717, 1.165) is 11.3 Å². The first-order valence-electron chi connectivity index (χ1n) is 8.30. The fraction of sp³-hybridized carbons (Fsp3) is 0.389. The molecular formula is C18H24Cl2N4O2. The first-order chi connectivity index (χ1) is 12.5. The van der Waals surface area contributed by atoms with Crippen molar-refractivity contribution >= 4 is 29.2 Å². The molecule has 0 amide bonds. The summed E-state index contributed by atoms with van der Waals surface area (Å²) in [5.41, 5.74) is 1.67. The summed E-state index contributed by atoms with van der Waals surface area (Å²) in [5.74, 6) is 1.31. The number of methoxy groups -OCH3 is 1. The smallest absolute Gasteiger partial charge is 0.191 e. The molecule has 2 rings (SSSR count). The van der Waals surface area contributed by atoms with E-state index >= 15 is 0 Å². The van der Waals surface area contributed by atoms with Crippen molar-refractivity contribution in [1.29, 1.82) is 0 Å². The Kier molecular flexibility index (Phi) is 7.63. The molecule has 0 fully saturated rings. The van der Waals surface area contributed by atoms with E-state index < -0.39 is 6.10 Å². The SMILES string of the molecule is CCNC(=NCc1cc(Cl)c(Cl)n1C)NCC(O)c1cccc(OC)c1. The highest BCUT2D eigenvalue weighted by atomic mass is 35.5. The highest BCUT2D eigenvalue weighted by Gasteiger charge is 2.11. The van der Waals surface area contributed by atoms with Crippen molar-refractivity contribution in [3.05, 3.63) is 51.8 Å². The number of halogens is 2. The molecule has 3 N–H and O–H groups in total. The van der Waals surface area contributed by atoms with Crippen LogP contribution in [-0.4, -0.2) is 35.8 Å². The fourth-order valence-electron chi connectivity index (χ4n) is 2.40. The van der Waals surface area contributed by atoms with Crippen LogP contribution in [0.25, 0.3) is 0 Å². The fourth-order valence-corrected chi connectivity index (χ4v) is 2.82. The molecule has 1 unspecified atom stereocenters. The summed E-state index contributed by atoms with van der Waals surface area (Å²) in [6.45, 7) is 3.41. The zero-order valence-corrected chi connectivity index (χ0v) is 16.6. The highest BCUT2D eigenvalue weighted by Crippen LogP contribution is 2.25. The second kappa shape index (κ2) is 9.71. The molecule has 1 atom stereocenters. The third kappa shape index (κ3) is 5.30. The first kappa shape index (κ1) is 20.4. The molecule has 0 saturated carbocycles.